The third kappa shape index (κ3) is 2.59. The summed E-state index contributed by atoms with van der Waals surface area (Å²) in [5.74, 6) is -0.181. The van der Waals surface area contributed by atoms with Crippen LogP contribution in [0.4, 0.5) is 4.39 Å². The molecule has 0 amide bonds. The summed E-state index contributed by atoms with van der Waals surface area (Å²) in [7, 11) is 3.87. The van der Waals surface area contributed by atoms with Gasteiger partial charge in [-0.05, 0) is 42.6 Å². The van der Waals surface area contributed by atoms with Gasteiger partial charge in [0.1, 0.15) is 5.82 Å². The maximum absolute atomic E-state index is 13.3. The van der Waals surface area contributed by atoms with Gasteiger partial charge in [0.15, 0.2) is 0 Å². The lowest BCUT2D eigenvalue weighted by Gasteiger charge is -2.12. The van der Waals surface area contributed by atoms with Crippen LogP contribution in [0.2, 0.25) is 0 Å². The van der Waals surface area contributed by atoms with E-state index in [9.17, 15) is 4.39 Å². The molecule has 104 valence electrons. The first kappa shape index (κ1) is 13.3. The van der Waals surface area contributed by atoms with Crippen LogP contribution in [0.15, 0.2) is 36.7 Å². The van der Waals surface area contributed by atoms with E-state index >= 15 is 0 Å². The third-order valence-electron chi connectivity index (χ3n) is 3.39. The Morgan fingerprint density at radius 3 is 2.95 bits per heavy atom. The van der Waals surface area contributed by atoms with Crippen molar-refractivity contribution in [3.63, 3.8) is 0 Å². The molecule has 0 fully saturated rings. The molecule has 0 aliphatic rings. The van der Waals surface area contributed by atoms with Gasteiger partial charge in [0.05, 0.1) is 6.20 Å². The van der Waals surface area contributed by atoms with Crippen molar-refractivity contribution >= 4 is 21.4 Å². The van der Waals surface area contributed by atoms with Crippen molar-refractivity contribution in [3.05, 3.63) is 52.9 Å². The van der Waals surface area contributed by atoms with E-state index in [-0.39, 0.29) is 11.9 Å². The maximum Gasteiger partial charge on any atom is 0.124 e. The zero-order chi connectivity index (χ0) is 14.1. The van der Waals surface area contributed by atoms with Crippen LogP contribution in [0.5, 0.6) is 0 Å². The van der Waals surface area contributed by atoms with E-state index in [0.29, 0.717) is 0 Å². The fraction of sp³-hybridized carbons (Fsp3) is 0.267. The molecule has 0 spiro atoms. The van der Waals surface area contributed by atoms with Gasteiger partial charge in [-0.2, -0.15) is 5.10 Å². The number of hydrogen-bond donors (Lipinski definition) is 1. The molecule has 20 heavy (non-hydrogen) atoms. The molecule has 2 heterocycles. The monoisotopic (exact) mass is 289 g/mol. The summed E-state index contributed by atoms with van der Waals surface area (Å²) >= 11 is 1.64. The Bertz CT molecular complexity index is 732. The Morgan fingerprint density at radius 2 is 2.25 bits per heavy atom. The Hall–Kier alpha value is -1.72. The fourth-order valence-corrected chi connectivity index (χ4v) is 3.55. The zero-order valence-corrected chi connectivity index (χ0v) is 12.2. The van der Waals surface area contributed by atoms with Crippen molar-refractivity contribution in [2.24, 2.45) is 7.05 Å². The van der Waals surface area contributed by atoms with Crippen LogP contribution in [0.1, 0.15) is 16.5 Å². The molecule has 3 nitrogen and oxygen atoms in total. The quantitative estimate of drug-likeness (QED) is 0.799. The first-order chi connectivity index (χ1) is 9.65. The van der Waals surface area contributed by atoms with Crippen LogP contribution >= 0.6 is 11.3 Å². The highest BCUT2D eigenvalue weighted by atomic mass is 32.1. The van der Waals surface area contributed by atoms with Crippen molar-refractivity contribution in [2.45, 2.75) is 12.5 Å². The Balaban J connectivity index is 1.90. The van der Waals surface area contributed by atoms with E-state index in [1.54, 1.807) is 17.4 Å². The van der Waals surface area contributed by atoms with Crippen LogP contribution in [0.25, 0.3) is 10.1 Å². The minimum absolute atomic E-state index is 0.181. The largest absolute Gasteiger partial charge is 0.312 e. The van der Waals surface area contributed by atoms with E-state index in [4.69, 9.17) is 0 Å². The summed E-state index contributed by atoms with van der Waals surface area (Å²) in [6.45, 7) is 0. The lowest BCUT2D eigenvalue weighted by atomic mass is 10.1. The summed E-state index contributed by atoms with van der Waals surface area (Å²) in [6.07, 6.45) is 4.79. The van der Waals surface area contributed by atoms with E-state index in [1.807, 2.05) is 37.2 Å². The fourth-order valence-electron chi connectivity index (χ4n) is 2.36. The molecule has 0 saturated heterocycles. The van der Waals surface area contributed by atoms with Gasteiger partial charge in [-0.1, -0.05) is 6.07 Å². The van der Waals surface area contributed by atoms with Crippen molar-refractivity contribution in [2.75, 3.05) is 7.05 Å². The molecule has 2 aromatic heterocycles. The Kier molecular flexibility index (Phi) is 3.54. The summed E-state index contributed by atoms with van der Waals surface area (Å²) in [4.78, 5) is 1.22. The van der Waals surface area contributed by atoms with Gasteiger partial charge in [-0.3, -0.25) is 4.68 Å². The number of benzene rings is 1. The number of likely N-dealkylation sites (N-methyl/N-ethyl adjacent to an activating group) is 1. The van der Waals surface area contributed by atoms with E-state index in [1.165, 1.54) is 16.5 Å². The van der Waals surface area contributed by atoms with Gasteiger partial charge in [0, 0.05) is 28.9 Å². The third-order valence-corrected chi connectivity index (χ3v) is 4.60. The summed E-state index contributed by atoms with van der Waals surface area (Å²) in [5, 5.41) is 8.62. The highest BCUT2D eigenvalue weighted by Gasteiger charge is 2.14. The first-order valence-corrected chi connectivity index (χ1v) is 7.31. The number of halogens is 1. The molecule has 3 aromatic rings. The minimum Gasteiger partial charge on any atom is -0.312 e. The van der Waals surface area contributed by atoms with Crippen molar-refractivity contribution < 1.29 is 4.39 Å². The van der Waals surface area contributed by atoms with Gasteiger partial charge in [-0.25, -0.2) is 4.39 Å². The molecule has 1 N–H and O–H groups in total. The number of aryl methyl sites for hydroxylation is 1. The number of aromatic nitrogens is 2. The standard InChI is InChI=1S/C15H16FN3S/c1-17-13(5-10-8-18-19(2)9-10)15-6-11-3-4-12(16)7-14(11)20-15/h3-4,6-9,13,17H,5H2,1-2H3. The molecule has 1 unspecified atom stereocenters. The molecular formula is C15H16FN3S. The smallest absolute Gasteiger partial charge is 0.124 e. The highest BCUT2D eigenvalue weighted by molar-refractivity contribution is 7.19. The Morgan fingerprint density at radius 1 is 1.40 bits per heavy atom. The van der Waals surface area contributed by atoms with Crippen molar-refractivity contribution in [1.82, 2.24) is 15.1 Å². The summed E-state index contributed by atoms with van der Waals surface area (Å²) in [6, 6.07) is 7.30. The predicted molar refractivity (Wildman–Crippen MR) is 80.5 cm³/mol. The summed E-state index contributed by atoms with van der Waals surface area (Å²) < 4.78 is 16.1. The van der Waals surface area contributed by atoms with E-state index in [0.717, 1.165) is 16.5 Å². The Labute approximate surface area is 121 Å². The van der Waals surface area contributed by atoms with Crippen LogP contribution in [0, 0.1) is 5.82 Å². The number of hydrogen-bond acceptors (Lipinski definition) is 3. The molecule has 5 heteroatoms. The molecule has 0 saturated carbocycles. The average Bonchev–Trinajstić information content (AvgIpc) is 3.01. The maximum atomic E-state index is 13.3. The number of nitrogens with one attached hydrogen (secondary N) is 1. The van der Waals surface area contributed by atoms with Crippen LogP contribution in [0.3, 0.4) is 0 Å². The second kappa shape index (κ2) is 5.34. The molecule has 0 aliphatic heterocycles. The van der Waals surface area contributed by atoms with Gasteiger partial charge >= 0.3 is 0 Å². The molecule has 0 bridgehead atoms. The number of thiophene rings is 1. The molecular weight excluding hydrogens is 273 g/mol. The van der Waals surface area contributed by atoms with Crippen LogP contribution < -0.4 is 5.32 Å². The number of fused-ring (bicyclic) bond motifs is 1. The normalized spacial score (nSPS) is 12.9. The van der Waals surface area contributed by atoms with Crippen molar-refractivity contribution in [1.29, 1.82) is 0 Å². The second-order valence-electron chi connectivity index (χ2n) is 4.90. The SMILES string of the molecule is CNC(Cc1cnn(C)c1)c1cc2ccc(F)cc2s1. The van der Waals surface area contributed by atoms with Crippen LogP contribution in [-0.2, 0) is 13.5 Å². The topological polar surface area (TPSA) is 29.9 Å². The van der Waals surface area contributed by atoms with E-state index in [2.05, 4.69) is 16.5 Å². The molecule has 0 aliphatic carbocycles. The number of nitrogens with zero attached hydrogens (tertiary/aromatic N) is 2. The molecule has 1 atom stereocenters. The average molecular weight is 289 g/mol. The minimum atomic E-state index is -0.181. The second-order valence-corrected chi connectivity index (χ2v) is 6.01. The highest BCUT2D eigenvalue weighted by Crippen LogP contribution is 2.31. The van der Waals surface area contributed by atoms with E-state index < -0.39 is 0 Å². The van der Waals surface area contributed by atoms with Gasteiger partial charge in [0.25, 0.3) is 0 Å². The van der Waals surface area contributed by atoms with Gasteiger partial charge in [-0.15, -0.1) is 11.3 Å². The lowest BCUT2D eigenvalue weighted by Crippen LogP contribution is -2.17. The number of rotatable bonds is 4. The van der Waals surface area contributed by atoms with Gasteiger partial charge < -0.3 is 5.32 Å². The van der Waals surface area contributed by atoms with Crippen molar-refractivity contribution in [3.8, 4) is 0 Å². The molecule has 1 aromatic carbocycles. The lowest BCUT2D eigenvalue weighted by molar-refractivity contribution is 0.602. The van der Waals surface area contributed by atoms with Crippen LogP contribution in [-0.4, -0.2) is 16.8 Å². The first-order valence-electron chi connectivity index (χ1n) is 6.49. The molecule has 0 radical (unpaired) electrons. The van der Waals surface area contributed by atoms with Gasteiger partial charge in [0.2, 0.25) is 0 Å². The molecule has 3 rings (SSSR count). The zero-order valence-electron chi connectivity index (χ0n) is 11.4. The predicted octanol–water partition coefficient (Wildman–Crippen LogP) is 3.28. The summed E-state index contributed by atoms with van der Waals surface area (Å²) in [5.41, 5.74) is 1.19.